The topological polar surface area (TPSA) is 345 Å². The zero-order valence-corrected chi connectivity index (χ0v) is 58.0. The van der Waals surface area contributed by atoms with Crippen LogP contribution in [0.5, 0.6) is 0 Å². The number of nitrogens with one attached hydrogen (secondary N) is 3. The zero-order valence-electron chi connectivity index (χ0n) is 58.0. The predicted octanol–water partition coefficient (Wildman–Crippen LogP) is 8.90. The first kappa shape index (κ1) is 67.1. The summed E-state index contributed by atoms with van der Waals surface area (Å²) < 4.78 is 62.4. The maximum absolute atomic E-state index is 12.1. The Hall–Kier alpha value is -9.53. The number of hydrogen-bond donors (Lipinski definition) is 6. The Morgan fingerprint density at radius 2 is 0.745 bits per heavy atom. The van der Waals surface area contributed by atoms with Gasteiger partial charge in [-0.15, -0.1) is 0 Å². The number of para-hydroxylation sites is 1. The fourth-order valence-electron chi connectivity index (χ4n) is 18.1. The third-order valence-corrected chi connectivity index (χ3v) is 23.1. The van der Waals surface area contributed by atoms with E-state index >= 15 is 0 Å². The van der Waals surface area contributed by atoms with Crippen LogP contribution >= 0.6 is 0 Å². The molecule has 10 aromatic rings. The molecule has 0 radical (unpaired) electrons. The number of aromatic nitrogens is 12. The number of hydrogen-bond acceptors (Lipinski definition) is 24. The molecule has 12 atom stereocenters. The van der Waals surface area contributed by atoms with Crippen molar-refractivity contribution >= 4 is 68.6 Å². The van der Waals surface area contributed by atoms with Crippen LogP contribution in [0.1, 0.15) is 116 Å². The zero-order chi connectivity index (χ0) is 71.3. The van der Waals surface area contributed by atoms with Crippen LogP contribution in [0.25, 0.3) is 33.5 Å². The Balaban J connectivity index is 0.000000109. The number of aliphatic hydroxyl groups excluding tert-OH is 1. The highest BCUT2D eigenvalue weighted by Gasteiger charge is 2.65. The Kier molecular flexibility index (Phi) is 17.3. The Bertz CT molecular complexity index is 4860. The molecule has 3 unspecified atom stereocenters. The van der Waals surface area contributed by atoms with Crippen LogP contribution in [0.4, 0.5) is 23.1 Å². The van der Waals surface area contributed by atoms with Gasteiger partial charge in [0, 0.05) is 57.3 Å². The maximum atomic E-state index is 12.1. The monoisotopic (exact) mass is 1440 g/mol. The first-order valence-electron chi connectivity index (χ1n) is 37.1. The molecule has 548 valence electrons. The fraction of sp³-hybridized carbons (Fsp3) is 0.468. The van der Waals surface area contributed by atoms with Crippen molar-refractivity contribution in [2.45, 2.75) is 194 Å². The normalized spacial score (nSPS) is 28.3. The molecule has 0 bridgehead atoms. The van der Waals surface area contributed by atoms with Crippen molar-refractivity contribution in [3.63, 3.8) is 0 Å². The van der Waals surface area contributed by atoms with Crippen LogP contribution in [0.3, 0.4) is 0 Å². The Labute approximate surface area is 607 Å². The van der Waals surface area contributed by atoms with E-state index < -0.39 is 90.7 Å². The number of nitrogens with zero attached hydrogens (tertiary/aromatic N) is 12. The summed E-state index contributed by atoms with van der Waals surface area (Å²) in [5, 5.41) is 40.1. The number of ether oxygens (including phenoxy) is 9. The molecule has 29 nitrogen and oxygen atoms in total. The minimum atomic E-state index is -1.17. The highest BCUT2D eigenvalue weighted by atomic mass is 16.8. The van der Waals surface area contributed by atoms with Crippen molar-refractivity contribution in [2.75, 3.05) is 35.6 Å². The molecule has 8 fully saturated rings. The van der Waals surface area contributed by atoms with E-state index in [1.54, 1.807) is 34.4 Å². The number of benzene rings is 4. The summed E-state index contributed by atoms with van der Waals surface area (Å²) in [7, 11) is 0. The molecule has 5 aliphatic carbocycles. The van der Waals surface area contributed by atoms with E-state index in [4.69, 9.17) is 42.6 Å². The lowest BCUT2D eigenvalue weighted by atomic mass is 9.89. The molecule has 12 heterocycles. The number of carboxylic acid groups (broad SMARTS) is 2. The van der Waals surface area contributed by atoms with Crippen LogP contribution in [0.2, 0.25) is 0 Å². The summed E-state index contributed by atoms with van der Waals surface area (Å²) >= 11 is 0. The van der Waals surface area contributed by atoms with Gasteiger partial charge in [0.1, 0.15) is 61.7 Å². The number of anilines is 4. The van der Waals surface area contributed by atoms with Crippen LogP contribution < -0.4 is 16.0 Å². The molecular weight excluding hydrogens is 1360 g/mol. The fourth-order valence-corrected chi connectivity index (χ4v) is 18.1. The SMILES string of the molecule is O=C(O)[C@H]1O[C@@H](n2cnc3c(NCC4CCCCC4)ncnc32)[C@H]2OC3(Cc4ccccc4C3)OC12.O=C(O)[C@H]1O[C@@H](n2cnc3c(Nc4ccccc4)ncnc32)[C@H]2OC3(Cc4ccccc4C3)OC12.OC[C@H]1O[C@@H](n2cnc3c(NCC4CCCCC4)ncnc32)[C@H]2OC3(Cc4ccccc4C3)OC12. The van der Waals surface area contributed by atoms with Gasteiger partial charge in [-0.2, -0.15) is 0 Å². The maximum Gasteiger partial charge on any atom is 0.335 e. The minimum Gasteiger partial charge on any atom is -0.479 e. The van der Waals surface area contributed by atoms with Gasteiger partial charge in [-0.3, -0.25) is 13.7 Å². The van der Waals surface area contributed by atoms with Gasteiger partial charge in [0.05, 0.1) is 25.6 Å². The van der Waals surface area contributed by atoms with Crippen LogP contribution in [-0.4, -0.2) is 178 Å². The minimum absolute atomic E-state index is 0.139. The average Bonchev–Trinajstić information content (AvgIpc) is 1.57. The lowest BCUT2D eigenvalue weighted by molar-refractivity contribution is -0.214. The van der Waals surface area contributed by atoms with E-state index in [0.29, 0.717) is 90.0 Å². The van der Waals surface area contributed by atoms with E-state index in [1.165, 1.54) is 88.0 Å². The number of rotatable bonds is 14. The number of carbonyl (C=O) groups is 2. The van der Waals surface area contributed by atoms with Gasteiger partial charge >= 0.3 is 11.9 Å². The molecule has 106 heavy (non-hydrogen) atoms. The van der Waals surface area contributed by atoms with E-state index in [0.717, 1.165) is 52.4 Å². The summed E-state index contributed by atoms with van der Waals surface area (Å²) in [6, 6.07) is 34.2. The number of carboxylic acids is 2. The summed E-state index contributed by atoms with van der Waals surface area (Å²) in [5.74, 6) is -1.39. The molecule has 11 aliphatic rings. The molecule has 6 aromatic heterocycles. The molecule has 3 spiro atoms. The predicted molar refractivity (Wildman–Crippen MR) is 379 cm³/mol. The Morgan fingerprint density at radius 1 is 0.406 bits per heavy atom. The first-order chi connectivity index (χ1) is 51.9. The smallest absolute Gasteiger partial charge is 0.335 e. The Morgan fingerprint density at radius 3 is 1.13 bits per heavy atom. The van der Waals surface area contributed by atoms with E-state index in [1.807, 2.05) is 71.3 Å². The second kappa shape index (κ2) is 27.4. The second-order valence-corrected chi connectivity index (χ2v) is 29.8. The highest BCUT2D eigenvalue weighted by Crippen LogP contribution is 2.53. The standard InChI is InChI=1S/C26H29N5O5.C26H31N5O4.C25H21N5O5/c32-25(33)21-19-20(36-26(35-19)10-16-8-4-5-9-17(16)11-26)24(34-21)31-14-30-18-22(28-13-29-23(18)31)27-12-15-6-2-1-3-7-15;32-13-19-21-22(35-26(34-21)10-17-8-4-5-9-18(17)11-26)25(33-19)31-15-30-20-23(28-14-29-24(20)31)27-12-16-6-2-1-3-7-16;31-24(32)20-18-19(35-25(34-18)10-14-6-4-5-7-15(14)11-25)23(33-20)30-13-28-17-21(26-12-27-22(17)30)29-16-8-2-1-3-9-16/h4-5,8-9,13-15,19-21,24H,1-3,6-7,10-12H2,(H,32,33)(H,27,28,29);4-5,8-9,14-16,19,21-22,25,32H,1-3,6-7,10-13H2,(H,27,28,29);1-9,12-13,18-20,23H,10-11H2,(H,31,32)(H,26,27,29)/t19?,20-,21-,24+;19-,21?,22+,25-;18?,19-,20-,23+/m010/s1. The van der Waals surface area contributed by atoms with Gasteiger partial charge in [0.25, 0.3) is 0 Å². The van der Waals surface area contributed by atoms with Crippen molar-refractivity contribution in [1.82, 2.24) is 58.6 Å². The summed E-state index contributed by atoms with van der Waals surface area (Å²) in [5.41, 5.74) is 11.6. The lowest BCUT2D eigenvalue weighted by Gasteiger charge is -2.27. The van der Waals surface area contributed by atoms with Crippen LogP contribution in [0, 0.1) is 11.8 Å². The molecule has 6 N–H and O–H groups in total. The molecule has 29 heteroatoms. The third kappa shape index (κ3) is 12.2. The molecule has 6 saturated heterocycles. The van der Waals surface area contributed by atoms with Gasteiger partial charge in [-0.05, 0) is 83.0 Å². The lowest BCUT2D eigenvalue weighted by Crippen LogP contribution is -2.38. The first-order valence-corrected chi connectivity index (χ1v) is 37.1. The third-order valence-electron chi connectivity index (χ3n) is 23.1. The average molecular weight is 1440 g/mol. The van der Waals surface area contributed by atoms with Crippen molar-refractivity contribution in [3.05, 3.63) is 174 Å². The molecule has 0 amide bonds. The largest absolute Gasteiger partial charge is 0.479 e. The summed E-state index contributed by atoms with van der Waals surface area (Å²) in [6.07, 6.45) is 17.7. The molecule has 6 aliphatic heterocycles. The molecule has 2 saturated carbocycles. The van der Waals surface area contributed by atoms with E-state index in [9.17, 15) is 24.9 Å². The number of fused-ring (bicyclic) bond motifs is 9. The van der Waals surface area contributed by atoms with Gasteiger partial charge in [0.2, 0.25) is 0 Å². The van der Waals surface area contributed by atoms with Crippen molar-refractivity contribution in [2.24, 2.45) is 11.8 Å². The van der Waals surface area contributed by atoms with E-state index in [2.05, 4.69) is 97.2 Å². The van der Waals surface area contributed by atoms with Crippen LogP contribution in [-0.2, 0) is 90.7 Å². The molecular formula is C77H81N15O14. The summed E-state index contributed by atoms with van der Waals surface area (Å²) in [6.45, 7) is 1.61. The van der Waals surface area contributed by atoms with Crippen LogP contribution in [0.15, 0.2) is 141 Å². The summed E-state index contributed by atoms with van der Waals surface area (Å²) in [4.78, 5) is 64.6. The van der Waals surface area contributed by atoms with E-state index in [-0.39, 0.29) is 18.8 Å². The number of aliphatic carboxylic acids is 2. The van der Waals surface area contributed by atoms with Crippen molar-refractivity contribution in [1.29, 1.82) is 0 Å². The second-order valence-electron chi connectivity index (χ2n) is 29.8. The quantitative estimate of drug-likeness (QED) is 0.0591. The van der Waals surface area contributed by atoms with Gasteiger partial charge < -0.3 is 73.9 Å². The van der Waals surface area contributed by atoms with Gasteiger partial charge in [-0.25, -0.2) is 54.4 Å². The van der Waals surface area contributed by atoms with Gasteiger partial charge in [0.15, 0.2) is 99.2 Å². The van der Waals surface area contributed by atoms with Gasteiger partial charge in [-0.1, -0.05) is 130 Å². The van der Waals surface area contributed by atoms with Crippen molar-refractivity contribution in [3.8, 4) is 0 Å². The number of aliphatic hydroxyl groups is 1. The van der Waals surface area contributed by atoms with Crippen molar-refractivity contribution < 1.29 is 67.5 Å². The number of imidazole rings is 3. The molecule has 21 rings (SSSR count). The molecule has 4 aromatic carbocycles. The highest BCUT2D eigenvalue weighted by molar-refractivity contribution is 5.86.